The SMILES string of the molecule is Cl[C@@H]1C[C@H](C(Cl)(Cl)Cl)CC[C@H]1C(Cl)(Cl)Cl. The highest BCUT2D eigenvalue weighted by Crippen LogP contribution is 2.51. The molecule has 0 N–H and O–H groups in total. The quantitative estimate of drug-likeness (QED) is 0.487. The summed E-state index contributed by atoms with van der Waals surface area (Å²) < 4.78 is -2.63. The van der Waals surface area contributed by atoms with Gasteiger partial charge in [0.15, 0.2) is 7.59 Å². The zero-order valence-electron chi connectivity index (χ0n) is 7.50. The largest absolute Gasteiger partial charge is 0.194 e. The van der Waals surface area contributed by atoms with Crippen LogP contribution in [0.3, 0.4) is 0 Å². The Morgan fingerprint density at radius 1 is 0.800 bits per heavy atom. The van der Waals surface area contributed by atoms with Crippen molar-refractivity contribution in [1.82, 2.24) is 0 Å². The molecule has 0 spiro atoms. The van der Waals surface area contributed by atoms with Crippen LogP contribution in [0.5, 0.6) is 0 Å². The van der Waals surface area contributed by atoms with Gasteiger partial charge < -0.3 is 0 Å². The molecule has 0 heterocycles. The van der Waals surface area contributed by atoms with Gasteiger partial charge in [0.05, 0.1) is 0 Å². The Labute approximate surface area is 124 Å². The normalized spacial score (nSPS) is 34.2. The van der Waals surface area contributed by atoms with E-state index >= 15 is 0 Å². The van der Waals surface area contributed by atoms with Crippen LogP contribution in [-0.2, 0) is 0 Å². The molecule has 15 heavy (non-hydrogen) atoms. The van der Waals surface area contributed by atoms with Crippen molar-refractivity contribution in [3.05, 3.63) is 0 Å². The molecule has 7 heteroatoms. The van der Waals surface area contributed by atoms with Crippen molar-refractivity contribution >= 4 is 81.2 Å². The maximum absolute atomic E-state index is 6.14. The highest BCUT2D eigenvalue weighted by Gasteiger charge is 2.45. The molecule has 0 bridgehead atoms. The Bertz CT molecular complexity index is 216. The van der Waals surface area contributed by atoms with Crippen LogP contribution in [0, 0.1) is 11.8 Å². The number of hydrogen-bond acceptors (Lipinski definition) is 0. The van der Waals surface area contributed by atoms with Crippen LogP contribution in [-0.4, -0.2) is 13.0 Å². The fourth-order valence-electron chi connectivity index (χ4n) is 1.78. The van der Waals surface area contributed by atoms with Gasteiger partial charge >= 0.3 is 0 Å². The number of rotatable bonds is 0. The van der Waals surface area contributed by atoms with Crippen molar-refractivity contribution in [1.29, 1.82) is 0 Å². The van der Waals surface area contributed by atoms with Crippen molar-refractivity contribution in [2.75, 3.05) is 0 Å². The molecular weight excluding hydrogens is 344 g/mol. The molecule has 1 fully saturated rings. The number of halogens is 7. The fraction of sp³-hybridized carbons (Fsp3) is 1.00. The highest BCUT2D eigenvalue weighted by atomic mass is 35.6. The minimum Gasteiger partial charge on any atom is -0.123 e. The van der Waals surface area contributed by atoms with Gasteiger partial charge in [0.1, 0.15) is 0 Å². The summed E-state index contributed by atoms with van der Waals surface area (Å²) in [5.41, 5.74) is 0. The van der Waals surface area contributed by atoms with Crippen molar-refractivity contribution in [2.24, 2.45) is 11.8 Å². The molecule has 0 unspecified atom stereocenters. The molecule has 0 amide bonds. The van der Waals surface area contributed by atoms with E-state index in [1.54, 1.807) is 0 Å². The highest BCUT2D eigenvalue weighted by molar-refractivity contribution is 6.68. The summed E-state index contributed by atoms with van der Waals surface area (Å²) in [7, 11) is 0. The molecule has 1 rings (SSSR count). The molecule has 0 saturated heterocycles. The second-order valence-electron chi connectivity index (χ2n) is 3.72. The molecule has 1 aliphatic rings. The van der Waals surface area contributed by atoms with Gasteiger partial charge in [-0.05, 0) is 19.3 Å². The van der Waals surface area contributed by atoms with E-state index < -0.39 is 7.59 Å². The molecule has 0 aliphatic heterocycles. The van der Waals surface area contributed by atoms with E-state index in [2.05, 4.69) is 0 Å². The van der Waals surface area contributed by atoms with E-state index in [1.165, 1.54) is 0 Å². The average molecular weight is 353 g/mol. The first-order valence-corrected chi connectivity index (χ1v) is 7.10. The number of alkyl halides is 7. The molecule has 90 valence electrons. The van der Waals surface area contributed by atoms with E-state index in [1.807, 2.05) is 0 Å². The minimum absolute atomic E-state index is 0.0754. The average Bonchev–Trinajstić information content (AvgIpc) is 1.99. The molecule has 0 aromatic carbocycles. The summed E-state index contributed by atoms with van der Waals surface area (Å²) in [6, 6.07) is 0. The smallest absolute Gasteiger partial charge is 0.123 e. The topological polar surface area (TPSA) is 0 Å². The standard InChI is InChI=1S/C8H9Cl7/c9-6-3-4(7(10,11)12)1-2-5(6)8(13,14)15/h4-6H,1-3H2/t4-,5-,6-/m1/s1. The summed E-state index contributed by atoms with van der Waals surface area (Å²) >= 11 is 41.0. The maximum atomic E-state index is 6.14. The summed E-state index contributed by atoms with van der Waals surface area (Å²) in [6.07, 6.45) is 1.91. The van der Waals surface area contributed by atoms with Gasteiger partial charge in [-0.3, -0.25) is 0 Å². The summed E-state index contributed by atoms with van der Waals surface area (Å²) in [5, 5.41) is -0.271. The minimum atomic E-state index is -1.34. The Morgan fingerprint density at radius 2 is 1.33 bits per heavy atom. The Morgan fingerprint density at radius 3 is 1.67 bits per heavy atom. The predicted molar refractivity (Wildman–Crippen MR) is 71.1 cm³/mol. The summed E-state index contributed by atoms with van der Waals surface area (Å²) in [4.78, 5) is 0. The zero-order valence-corrected chi connectivity index (χ0v) is 12.8. The van der Waals surface area contributed by atoms with Gasteiger partial charge in [0.25, 0.3) is 0 Å². The lowest BCUT2D eigenvalue weighted by atomic mass is 9.83. The van der Waals surface area contributed by atoms with E-state index in [4.69, 9.17) is 81.2 Å². The van der Waals surface area contributed by atoms with Crippen molar-refractivity contribution in [2.45, 2.75) is 32.2 Å². The van der Waals surface area contributed by atoms with Gasteiger partial charge in [0.2, 0.25) is 0 Å². The monoisotopic (exact) mass is 350 g/mol. The van der Waals surface area contributed by atoms with Crippen molar-refractivity contribution in [3.63, 3.8) is 0 Å². The zero-order chi connectivity index (χ0) is 11.9. The second-order valence-corrected chi connectivity index (χ2v) is 9.01. The molecule has 0 nitrogen and oxygen atoms in total. The first-order valence-electron chi connectivity index (χ1n) is 4.40. The lowest BCUT2D eigenvalue weighted by Gasteiger charge is -2.38. The van der Waals surface area contributed by atoms with Crippen LogP contribution in [0.25, 0.3) is 0 Å². The van der Waals surface area contributed by atoms with Gasteiger partial charge in [0, 0.05) is 17.2 Å². The van der Waals surface area contributed by atoms with Gasteiger partial charge in [-0.2, -0.15) is 0 Å². The third-order valence-corrected chi connectivity index (χ3v) is 4.90. The van der Waals surface area contributed by atoms with Crippen LogP contribution in [0.1, 0.15) is 19.3 Å². The van der Waals surface area contributed by atoms with E-state index in [0.717, 1.165) is 0 Å². The van der Waals surface area contributed by atoms with Crippen LogP contribution < -0.4 is 0 Å². The molecule has 0 radical (unpaired) electrons. The maximum Gasteiger partial charge on any atom is 0.194 e. The first kappa shape index (κ1) is 15.1. The van der Waals surface area contributed by atoms with Gasteiger partial charge in [-0.15, -0.1) is 11.6 Å². The lowest BCUT2D eigenvalue weighted by molar-refractivity contribution is 0.285. The van der Waals surface area contributed by atoms with Crippen LogP contribution in [0.2, 0.25) is 0 Å². The first-order chi connectivity index (χ1) is 6.62. The molecule has 1 saturated carbocycles. The molecule has 0 aromatic rings. The summed E-state index contributed by atoms with van der Waals surface area (Å²) in [5.74, 6) is -0.263. The molecular formula is C8H9Cl7. The predicted octanol–water partition coefficient (Wildman–Crippen LogP) is 5.75. The Kier molecular flexibility index (Phi) is 5.38. The van der Waals surface area contributed by atoms with Crippen LogP contribution in [0.4, 0.5) is 0 Å². The van der Waals surface area contributed by atoms with Crippen LogP contribution >= 0.6 is 81.2 Å². The third-order valence-electron chi connectivity index (χ3n) is 2.66. The fourth-order valence-corrected chi connectivity index (χ4v) is 3.88. The van der Waals surface area contributed by atoms with Crippen molar-refractivity contribution < 1.29 is 0 Å². The Hall–Kier alpha value is 2.03. The lowest BCUT2D eigenvalue weighted by Crippen LogP contribution is -2.38. The van der Waals surface area contributed by atoms with E-state index in [9.17, 15) is 0 Å². The summed E-state index contributed by atoms with van der Waals surface area (Å²) in [6.45, 7) is 0. The van der Waals surface area contributed by atoms with Gasteiger partial charge in [-0.1, -0.05) is 69.6 Å². The molecule has 1 aliphatic carbocycles. The Balaban J connectivity index is 2.64. The third kappa shape index (κ3) is 4.32. The number of hydrogen-bond donors (Lipinski definition) is 0. The molecule has 0 aromatic heterocycles. The second kappa shape index (κ2) is 5.34. The van der Waals surface area contributed by atoms with E-state index in [0.29, 0.717) is 19.3 Å². The van der Waals surface area contributed by atoms with Crippen LogP contribution in [0.15, 0.2) is 0 Å². The van der Waals surface area contributed by atoms with Gasteiger partial charge in [-0.25, -0.2) is 0 Å². The molecule has 3 atom stereocenters. The van der Waals surface area contributed by atoms with E-state index in [-0.39, 0.29) is 17.2 Å². The van der Waals surface area contributed by atoms with Crippen molar-refractivity contribution in [3.8, 4) is 0 Å².